The van der Waals surface area contributed by atoms with Crippen LogP contribution in [0, 0.1) is 4.91 Å². The minimum Gasteiger partial charge on any atom is -0.508 e. The van der Waals surface area contributed by atoms with Crippen LogP contribution in [0.25, 0.3) is 0 Å². The fraction of sp³-hybridized carbons (Fsp3) is 0.455. The Hall–Kier alpha value is -2.56. The molecule has 1 aliphatic rings. The van der Waals surface area contributed by atoms with Gasteiger partial charge in [0.15, 0.2) is 0 Å². The summed E-state index contributed by atoms with van der Waals surface area (Å²) in [7, 11) is 1.67. The Morgan fingerprint density at radius 1 is 1.19 bits per heavy atom. The van der Waals surface area contributed by atoms with Crippen LogP contribution in [0.5, 0.6) is 11.5 Å². The second-order valence-electron chi connectivity index (χ2n) is 7.16. The Kier molecular flexibility index (Phi) is 6.32. The predicted molar refractivity (Wildman–Crippen MR) is 108 cm³/mol. The molecule has 0 radical (unpaired) electrons. The number of ether oxygens (including phenoxy) is 1. The minimum atomic E-state index is -0.0721. The van der Waals surface area contributed by atoms with Crippen LogP contribution in [-0.2, 0) is 12.8 Å². The molecule has 1 heterocycles. The molecule has 2 aromatic carbocycles. The zero-order valence-electron chi connectivity index (χ0n) is 16.2. The number of phenolic OH excluding ortho intramolecular Hbond substituents is 1. The number of methoxy groups -OCH3 is 1. The second-order valence-corrected chi connectivity index (χ2v) is 7.16. The molecule has 1 unspecified atom stereocenters. The van der Waals surface area contributed by atoms with Crippen molar-refractivity contribution in [2.24, 2.45) is 0 Å². The van der Waals surface area contributed by atoms with Crippen molar-refractivity contribution in [1.82, 2.24) is 0 Å². The molecule has 27 heavy (non-hydrogen) atoms. The van der Waals surface area contributed by atoms with E-state index in [-0.39, 0.29) is 11.8 Å². The van der Waals surface area contributed by atoms with Crippen molar-refractivity contribution in [3.05, 3.63) is 52.4 Å². The smallest absolute Gasteiger partial charge is 0.262 e. The van der Waals surface area contributed by atoms with E-state index in [2.05, 4.69) is 12.2 Å². The van der Waals surface area contributed by atoms with Crippen LogP contribution in [0.3, 0.4) is 0 Å². The number of fused-ring (bicyclic) bond motifs is 1. The van der Waals surface area contributed by atoms with E-state index in [1.54, 1.807) is 19.2 Å². The molecule has 2 aromatic rings. The van der Waals surface area contributed by atoms with Crippen LogP contribution in [0.4, 0.5) is 11.4 Å². The molecule has 1 aliphatic heterocycles. The first kappa shape index (κ1) is 19.2. The number of phenols is 1. The van der Waals surface area contributed by atoms with E-state index in [0.29, 0.717) is 0 Å². The highest BCUT2D eigenvalue weighted by Gasteiger charge is 2.40. The maximum atomic E-state index is 12.8. The highest BCUT2D eigenvalue weighted by atomic mass is 16.5. The summed E-state index contributed by atoms with van der Waals surface area (Å²) in [6.07, 6.45) is 5.79. The Bertz CT molecular complexity index is 787. The molecular formula is C22H29N2O3+. The summed E-state index contributed by atoms with van der Waals surface area (Å²) in [6, 6.07) is 10.9. The van der Waals surface area contributed by atoms with Crippen LogP contribution in [-0.4, -0.2) is 29.6 Å². The molecule has 0 aliphatic carbocycles. The first-order valence-electron chi connectivity index (χ1n) is 9.82. The lowest BCUT2D eigenvalue weighted by molar-refractivity contribution is -0.496. The minimum absolute atomic E-state index is 0.0721. The fourth-order valence-corrected chi connectivity index (χ4v) is 3.71. The maximum Gasteiger partial charge on any atom is 0.262 e. The predicted octanol–water partition coefficient (Wildman–Crippen LogP) is 4.97. The number of aromatic hydroxyl groups is 1. The van der Waals surface area contributed by atoms with Crippen LogP contribution in [0.2, 0.25) is 0 Å². The molecule has 0 saturated carbocycles. The van der Waals surface area contributed by atoms with Gasteiger partial charge in [-0.05, 0) is 36.6 Å². The lowest BCUT2D eigenvalue weighted by Crippen LogP contribution is -2.17. The van der Waals surface area contributed by atoms with E-state index in [9.17, 15) is 10.0 Å². The Morgan fingerprint density at radius 3 is 2.67 bits per heavy atom. The van der Waals surface area contributed by atoms with Crippen molar-refractivity contribution in [1.29, 1.82) is 0 Å². The second kappa shape index (κ2) is 8.89. The summed E-state index contributed by atoms with van der Waals surface area (Å²) in [4.78, 5) is 12.8. The Labute approximate surface area is 160 Å². The van der Waals surface area contributed by atoms with Crippen LogP contribution < -0.4 is 10.1 Å². The molecule has 0 amide bonds. The maximum absolute atomic E-state index is 12.8. The number of nitroso groups, excluding NO2 is 1. The number of hydrogen-bond acceptors (Lipinski definition) is 4. The van der Waals surface area contributed by atoms with Crippen molar-refractivity contribution >= 4 is 11.4 Å². The number of nitrogens with one attached hydrogen (secondary N) is 1. The lowest BCUT2D eigenvalue weighted by Gasteiger charge is -2.13. The lowest BCUT2D eigenvalue weighted by atomic mass is 10.0. The number of unbranched alkanes of at least 4 members (excludes halogenated alkanes) is 2. The third-order valence-electron chi connectivity index (χ3n) is 5.26. The standard InChI is InChI=1S/C22H28N2O3/c1-3-4-5-14-23-22-19-15-17(9-6-16-7-10-18(25)11-8-16)24(26)20(19)12-13-21(22)27-2/h7-8,10-13,17,23H,3-6,9,14-15H2,1-2H3/p+1. The van der Waals surface area contributed by atoms with E-state index in [0.717, 1.165) is 65.2 Å². The van der Waals surface area contributed by atoms with Gasteiger partial charge in [-0.15, -0.1) is 0 Å². The third kappa shape index (κ3) is 4.41. The molecule has 0 aromatic heterocycles. The number of nitrogens with zero attached hydrogens (tertiary/aromatic N) is 1. The first-order valence-corrected chi connectivity index (χ1v) is 9.82. The number of benzene rings is 2. The fourth-order valence-electron chi connectivity index (χ4n) is 3.71. The van der Waals surface area contributed by atoms with E-state index < -0.39 is 0 Å². The van der Waals surface area contributed by atoms with E-state index in [4.69, 9.17) is 4.74 Å². The molecule has 0 saturated heterocycles. The highest BCUT2D eigenvalue weighted by Crippen LogP contribution is 2.41. The van der Waals surface area contributed by atoms with Gasteiger partial charge in [0.05, 0.1) is 18.4 Å². The van der Waals surface area contributed by atoms with Gasteiger partial charge in [0, 0.05) is 35.1 Å². The van der Waals surface area contributed by atoms with E-state index in [1.807, 2.05) is 24.3 Å². The largest absolute Gasteiger partial charge is 0.508 e. The number of hydrogen-bond donors (Lipinski definition) is 2. The van der Waals surface area contributed by atoms with Crippen LogP contribution in [0.1, 0.15) is 43.7 Å². The average molecular weight is 369 g/mol. The van der Waals surface area contributed by atoms with Gasteiger partial charge in [-0.2, -0.15) is 0 Å². The molecule has 3 rings (SSSR count). The molecular weight excluding hydrogens is 340 g/mol. The van der Waals surface area contributed by atoms with Gasteiger partial charge in [-0.3, -0.25) is 0 Å². The zero-order valence-corrected chi connectivity index (χ0v) is 16.2. The molecule has 144 valence electrons. The summed E-state index contributed by atoms with van der Waals surface area (Å²) in [5.74, 6) is 1.07. The topological polar surface area (TPSA) is 61.6 Å². The van der Waals surface area contributed by atoms with Crippen molar-refractivity contribution in [2.75, 3.05) is 19.0 Å². The Morgan fingerprint density at radius 2 is 1.96 bits per heavy atom. The summed E-state index contributed by atoms with van der Waals surface area (Å²) in [5.41, 5.74) is 3.92. The quantitative estimate of drug-likeness (QED) is 0.484. The third-order valence-corrected chi connectivity index (χ3v) is 5.26. The van der Waals surface area contributed by atoms with Crippen LogP contribution >= 0.6 is 0 Å². The molecule has 0 fully saturated rings. The molecule has 0 spiro atoms. The number of aryl methyl sites for hydroxylation is 1. The summed E-state index contributed by atoms with van der Waals surface area (Å²) in [6.45, 7) is 3.08. The van der Waals surface area contributed by atoms with Crippen molar-refractivity contribution < 1.29 is 14.6 Å². The monoisotopic (exact) mass is 369 g/mol. The number of anilines is 1. The van der Waals surface area contributed by atoms with Crippen molar-refractivity contribution in [3.63, 3.8) is 0 Å². The average Bonchev–Trinajstić information content (AvgIpc) is 3.01. The molecule has 5 nitrogen and oxygen atoms in total. The van der Waals surface area contributed by atoms with Gasteiger partial charge < -0.3 is 15.2 Å². The SMILES string of the molecule is CCCCCNc1c(OC)ccc2c1CC(CCc1ccc(O)cc1)[N+]2=O. The molecule has 5 heteroatoms. The first-order chi connectivity index (χ1) is 13.1. The van der Waals surface area contributed by atoms with E-state index >= 15 is 0 Å². The summed E-state index contributed by atoms with van der Waals surface area (Å²) < 4.78 is 6.69. The van der Waals surface area contributed by atoms with E-state index in [1.165, 1.54) is 12.8 Å². The summed E-state index contributed by atoms with van der Waals surface area (Å²) in [5, 5.41) is 12.9. The van der Waals surface area contributed by atoms with Crippen LogP contribution in [0.15, 0.2) is 36.4 Å². The van der Waals surface area contributed by atoms with Gasteiger partial charge in [0.2, 0.25) is 6.04 Å². The normalized spacial score (nSPS) is 15.6. The van der Waals surface area contributed by atoms with Gasteiger partial charge in [0.25, 0.3) is 5.69 Å². The number of rotatable bonds is 9. The Balaban J connectivity index is 1.71. The molecule has 1 atom stereocenters. The summed E-state index contributed by atoms with van der Waals surface area (Å²) >= 11 is 0. The zero-order chi connectivity index (χ0) is 19.2. The van der Waals surface area contributed by atoms with Gasteiger partial charge in [0.1, 0.15) is 11.5 Å². The van der Waals surface area contributed by atoms with Gasteiger partial charge >= 0.3 is 0 Å². The highest BCUT2D eigenvalue weighted by molar-refractivity contribution is 5.70. The van der Waals surface area contributed by atoms with Crippen molar-refractivity contribution in [2.45, 2.75) is 51.5 Å². The molecule has 2 N–H and O–H groups in total. The van der Waals surface area contributed by atoms with Gasteiger partial charge in [-0.1, -0.05) is 31.9 Å². The van der Waals surface area contributed by atoms with Crippen molar-refractivity contribution in [3.8, 4) is 11.5 Å². The molecule has 0 bridgehead atoms. The van der Waals surface area contributed by atoms with Gasteiger partial charge in [-0.25, -0.2) is 0 Å².